The van der Waals surface area contributed by atoms with E-state index in [1.54, 1.807) is 28.4 Å². The molecule has 0 spiro atoms. The number of piperazine rings is 3. The molecule has 0 aliphatic carbocycles. The summed E-state index contributed by atoms with van der Waals surface area (Å²) >= 11 is 8.54. The zero-order valence-electron chi connectivity index (χ0n) is 50.1. The van der Waals surface area contributed by atoms with Crippen LogP contribution in [-0.4, -0.2) is 214 Å². The van der Waals surface area contributed by atoms with Gasteiger partial charge in [-0.15, -0.1) is 11.3 Å². The largest absolute Gasteiger partial charge is 0.508 e. The number of halogens is 2. The Bertz CT molecular complexity index is 3430. The van der Waals surface area contributed by atoms with E-state index in [9.17, 15) is 29.4 Å². The Labute approximate surface area is 511 Å². The monoisotopic (exact) mass is 1210 g/mol. The third-order valence-corrected chi connectivity index (χ3v) is 18.4. The van der Waals surface area contributed by atoms with E-state index in [1.807, 2.05) is 100 Å². The molecule has 4 aromatic carbocycles. The van der Waals surface area contributed by atoms with Crippen LogP contribution in [-0.2, 0) is 19.2 Å². The third kappa shape index (κ3) is 14.4. The highest BCUT2D eigenvalue weighted by Crippen LogP contribution is 2.43. The van der Waals surface area contributed by atoms with E-state index < -0.39 is 29.4 Å². The Kier molecular flexibility index (Phi) is 19.6. The molecule has 4 aliphatic rings. The SMILES string of the molecule is C=CC(=O)N1CCN(c2nc(O[C@H](C)CN3CCN(CCCN4CCN(CC(=O)N[C@H](C(=O)N5C[C@H](O)C[C@H]5C(=O)N[C@@H](C)c5ccc(-c6scnc6C)cc5)C(C)(C)C)CC4)CC3)nc3c(F)c(-c4cc(O)cc5ccccc45)c(Cl)cc23)CC1. The van der Waals surface area contributed by atoms with Crippen LogP contribution in [0.5, 0.6) is 11.8 Å². The van der Waals surface area contributed by atoms with Crippen molar-refractivity contribution in [3.63, 3.8) is 0 Å². The molecule has 5 atom stereocenters. The van der Waals surface area contributed by atoms with Gasteiger partial charge in [0.25, 0.3) is 0 Å². The molecule has 10 rings (SSSR count). The van der Waals surface area contributed by atoms with E-state index in [2.05, 4.69) is 41.8 Å². The average molecular weight is 1220 g/mol. The quantitative estimate of drug-likeness (QED) is 0.0605. The van der Waals surface area contributed by atoms with E-state index in [-0.39, 0.29) is 83.1 Å². The maximum Gasteiger partial charge on any atom is 0.319 e. The van der Waals surface area contributed by atoms with Crippen molar-refractivity contribution >= 4 is 74.1 Å². The second-order valence-corrected chi connectivity index (χ2v) is 25.7. The van der Waals surface area contributed by atoms with Crippen LogP contribution in [0, 0.1) is 18.2 Å². The van der Waals surface area contributed by atoms with E-state index >= 15 is 4.39 Å². The Balaban J connectivity index is 0.678. The minimum absolute atomic E-state index is 0.00475. The summed E-state index contributed by atoms with van der Waals surface area (Å²) in [6, 6.07) is 18.1. The second-order valence-electron chi connectivity index (χ2n) is 24.4. The van der Waals surface area contributed by atoms with Crippen LogP contribution in [0.3, 0.4) is 0 Å². The molecule has 22 heteroatoms. The number of aromatic nitrogens is 3. The van der Waals surface area contributed by atoms with Gasteiger partial charge in [0.05, 0.1) is 39.8 Å². The van der Waals surface area contributed by atoms with Crippen LogP contribution in [0.4, 0.5) is 10.2 Å². The first-order valence-corrected chi connectivity index (χ1v) is 31.2. The predicted octanol–water partition coefficient (Wildman–Crippen LogP) is 6.98. The number of benzene rings is 4. The summed E-state index contributed by atoms with van der Waals surface area (Å²) in [4.78, 5) is 83.9. The van der Waals surface area contributed by atoms with Crippen LogP contribution >= 0.6 is 22.9 Å². The standard InChI is InChI=1S/C64H80ClFN12O7S/c1-8-54(82)76-28-30-77(31-29-76)60-50-35-51(65)55(49-33-46(79)32-45-12-9-10-13-48(45)49)56(66)57(50)70-63(71-60)85-40(2)36-74-24-20-72(21-25-74)18-11-19-73-22-26-75(27-23-73)38-53(81)69-59(64(5,6)7)62(84)78-37-47(80)34-52(78)61(83)68-41(3)43-14-16-44(17-15-43)58-42(4)67-39-86-58/h8-10,12-17,32-33,35,39-41,47,52,59,79-80H,1,11,18-31,34,36-38H2,2-7H3,(H,68,83)(H,69,81)/t40-,41+,47-,52+,59-/m1/s1. The first-order valence-electron chi connectivity index (χ1n) is 29.9. The predicted molar refractivity (Wildman–Crippen MR) is 335 cm³/mol. The molecule has 6 heterocycles. The van der Waals surface area contributed by atoms with Crippen LogP contribution < -0.4 is 20.3 Å². The van der Waals surface area contributed by atoms with Crippen molar-refractivity contribution in [1.82, 2.24) is 55.0 Å². The maximum absolute atomic E-state index is 17.2. The number of rotatable bonds is 19. The number of aryl methyl sites for hydroxylation is 1. The summed E-state index contributed by atoms with van der Waals surface area (Å²) in [5, 5.41) is 29.6. The zero-order valence-corrected chi connectivity index (χ0v) is 51.7. The summed E-state index contributed by atoms with van der Waals surface area (Å²) in [7, 11) is 0. The number of carbonyl (C=O) groups excluding carboxylic acids is 4. The Hall–Kier alpha value is -6.85. The number of aliphatic hydroxyl groups is 1. The highest BCUT2D eigenvalue weighted by Gasteiger charge is 2.45. The molecule has 0 unspecified atom stereocenters. The van der Waals surface area contributed by atoms with E-state index in [4.69, 9.17) is 26.3 Å². The lowest BCUT2D eigenvalue weighted by Crippen LogP contribution is -2.59. The molecule has 86 heavy (non-hydrogen) atoms. The van der Waals surface area contributed by atoms with Crippen molar-refractivity contribution < 1.29 is 38.5 Å². The number of fused-ring (bicyclic) bond motifs is 2. The number of aromatic hydroxyl groups is 1. The lowest BCUT2D eigenvalue weighted by atomic mass is 9.85. The lowest BCUT2D eigenvalue weighted by Gasteiger charge is -2.38. The molecule has 4 N–H and O–H groups in total. The smallest absolute Gasteiger partial charge is 0.319 e. The maximum atomic E-state index is 17.2. The highest BCUT2D eigenvalue weighted by atomic mass is 35.5. The summed E-state index contributed by atoms with van der Waals surface area (Å²) in [6.45, 7) is 26.1. The van der Waals surface area contributed by atoms with Crippen molar-refractivity contribution in [1.29, 1.82) is 0 Å². The Morgan fingerprint density at radius 2 is 1.52 bits per heavy atom. The van der Waals surface area contributed by atoms with Gasteiger partial charge in [-0.05, 0) is 97.4 Å². The van der Waals surface area contributed by atoms with Gasteiger partial charge in [0.1, 0.15) is 35.3 Å². The summed E-state index contributed by atoms with van der Waals surface area (Å²) < 4.78 is 23.7. The number of ether oxygens (including phenoxy) is 1. The molecular formula is C64H80ClFN12O7S. The molecule has 458 valence electrons. The molecule has 4 fully saturated rings. The number of likely N-dealkylation sites (tertiary alicyclic amines) is 1. The summed E-state index contributed by atoms with van der Waals surface area (Å²) in [5.41, 5.74) is 4.67. The van der Waals surface area contributed by atoms with Crippen molar-refractivity contribution in [3.05, 3.63) is 107 Å². The number of aliphatic hydroxyl groups excluding tert-OH is 1. The zero-order chi connectivity index (χ0) is 61.0. The number of hydrogen-bond donors (Lipinski definition) is 4. The number of phenols is 1. The summed E-state index contributed by atoms with van der Waals surface area (Å²) in [5.74, 6) is -1.36. The van der Waals surface area contributed by atoms with Gasteiger partial charge in [0.2, 0.25) is 23.6 Å². The molecule has 4 aliphatic heterocycles. The van der Waals surface area contributed by atoms with Crippen molar-refractivity contribution in [2.45, 2.75) is 84.7 Å². The van der Waals surface area contributed by atoms with Gasteiger partial charge >= 0.3 is 6.01 Å². The van der Waals surface area contributed by atoms with Crippen molar-refractivity contribution in [3.8, 4) is 33.3 Å². The molecule has 19 nitrogen and oxygen atoms in total. The minimum atomic E-state index is -0.909. The number of carbonyl (C=O) groups is 4. The third-order valence-electron chi connectivity index (χ3n) is 17.2. The number of phenolic OH excluding ortho intramolecular Hbond substituents is 1. The van der Waals surface area contributed by atoms with Gasteiger partial charge in [-0.2, -0.15) is 9.97 Å². The van der Waals surface area contributed by atoms with E-state index in [0.717, 1.165) is 91.2 Å². The van der Waals surface area contributed by atoms with Gasteiger partial charge in [-0.1, -0.05) is 87.5 Å². The highest BCUT2D eigenvalue weighted by molar-refractivity contribution is 7.13. The fourth-order valence-corrected chi connectivity index (χ4v) is 13.5. The van der Waals surface area contributed by atoms with Gasteiger partial charge in [-0.25, -0.2) is 9.37 Å². The average Bonchev–Trinajstić information content (AvgIpc) is 1.05. The fourth-order valence-electron chi connectivity index (χ4n) is 12.4. The fraction of sp³-hybridized carbons (Fsp3) is 0.484. The number of anilines is 1. The van der Waals surface area contributed by atoms with E-state index in [0.29, 0.717) is 62.6 Å². The van der Waals surface area contributed by atoms with Crippen LogP contribution in [0.2, 0.25) is 5.02 Å². The van der Waals surface area contributed by atoms with Gasteiger partial charge in [-0.3, -0.25) is 29.0 Å². The van der Waals surface area contributed by atoms with Gasteiger partial charge in [0.15, 0.2) is 5.82 Å². The van der Waals surface area contributed by atoms with Crippen LogP contribution in [0.25, 0.3) is 43.2 Å². The van der Waals surface area contributed by atoms with Crippen LogP contribution in [0.15, 0.2) is 84.9 Å². The lowest BCUT2D eigenvalue weighted by molar-refractivity contribution is -0.144. The second kappa shape index (κ2) is 27.0. The normalized spacial score (nSPS) is 19.6. The van der Waals surface area contributed by atoms with Gasteiger partial charge in [0, 0.05) is 109 Å². The molecule has 4 amide bonds. The van der Waals surface area contributed by atoms with Crippen LogP contribution in [0.1, 0.15) is 64.8 Å². The number of nitrogens with zero attached hydrogens (tertiary/aromatic N) is 10. The number of nitrogens with one attached hydrogen (secondary N) is 2. The topological polar surface area (TPSA) is 203 Å². The Morgan fingerprint density at radius 1 is 0.860 bits per heavy atom. The molecule has 0 bridgehead atoms. The molecule has 2 aromatic heterocycles. The number of hydrogen-bond acceptors (Lipinski definition) is 16. The van der Waals surface area contributed by atoms with E-state index in [1.165, 1.54) is 17.0 Å². The molecular weight excluding hydrogens is 1140 g/mol. The number of thiazole rings is 1. The molecule has 0 saturated carbocycles. The number of β-amino-alcohol motifs (C(OH)–C–C–N with tert-alkyl or cyclic N) is 1. The Morgan fingerprint density at radius 3 is 2.17 bits per heavy atom. The first-order chi connectivity index (χ1) is 41.2. The number of amides is 4. The van der Waals surface area contributed by atoms with Gasteiger partial charge < -0.3 is 50.1 Å². The molecule has 0 radical (unpaired) electrons. The summed E-state index contributed by atoms with van der Waals surface area (Å²) in [6.07, 6.45) is 1.21. The minimum Gasteiger partial charge on any atom is -0.508 e. The molecule has 6 aromatic rings. The van der Waals surface area contributed by atoms with Crippen molar-refractivity contribution in [2.24, 2.45) is 5.41 Å². The van der Waals surface area contributed by atoms with Crippen molar-refractivity contribution in [2.75, 3.05) is 116 Å². The molecule has 4 saturated heterocycles. The first kappa shape index (κ1) is 62.2.